The van der Waals surface area contributed by atoms with Gasteiger partial charge < -0.3 is 0 Å². The van der Waals surface area contributed by atoms with Gasteiger partial charge in [0.15, 0.2) is 4.90 Å². The number of sulfonamides is 1. The number of fused-ring (bicyclic) bond motifs is 1. The second kappa shape index (κ2) is 6.72. The molecule has 0 aliphatic carbocycles. The zero-order valence-electron chi connectivity index (χ0n) is 14.2. The van der Waals surface area contributed by atoms with Crippen molar-refractivity contribution in [3.05, 3.63) is 65.2 Å². The monoisotopic (exact) mass is 378 g/mol. The quantitative estimate of drug-likeness (QED) is 0.825. The Hall–Kier alpha value is -1.83. The summed E-state index contributed by atoms with van der Waals surface area (Å²) in [6.07, 6.45) is 1.60. The van der Waals surface area contributed by atoms with Gasteiger partial charge in [0.05, 0.1) is 0 Å². The van der Waals surface area contributed by atoms with E-state index < -0.39 is 26.6 Å². The molecule has 0 aromatic heterocycles. The summed E-state index contributed by atoms with van der Waals surface area (Å²) in [7, 11) is -4.18. The van der Waals surface area contributed by atoms with Crippen molar-refractivity contribution in [2.75, 3.05) is 19.6 Å². The van der Waals surface area contributed by atoms with Crippen LogP contribution in [0.15, 0.2) is 47.4 Å². The van der Waals surface area contributed by atoms with Crippen LogP contribution in [0.4, 0.5) is 8.78 Å². The van der Waals surface area contributed by atoms with Crippen LogP contribution in [0.5, 0.6) is 0 Å². The molecule has 0 amide bonds. The average molecular weight is 378 g/mol. The van der Waals surface area contributed by atoms with Gasteiger partial charge in [-0.05, 0) is 36.1 Å². The zero-order chi connectivity index (χ0) is 18.3. The van der Waals surface area contributed by atoms with E-state index in [0.29, 0.717) is 6.42 Å². The minimum Gasteiger partial charge on any atom is -0.294 e. The molecule has 0 spiro atoms. The molecule has 2 aromatic carbocycles. The van der Waals surface area contributed by atoms with E-state index in [1.54, 1.807) is 0 Å². The van der Waals surface area contributed by atoms with E-state index in [1.807, 2.05) is 12.1 Å². The van der Waals surface area contributed by atoms with Gasteiger partial charge in [0.25, 0.3) is 0 Å². The number of nitrogens with zero attached hydrogens (tertiary/aromatic N) is 2. The highest BCUT2D eigenvalue weighted by Crippen LogP contribution is 2.29. The lowest BCUT2D eigenvalue weighted by atomic mass is 9.98. The maximum absolute atomic E-state index is 14.0. The highest BCUT2D eigenvalue weighted by Gasteiger charge is 2.38. The first-order valence-corrected chi connectivity index (χ1v) is 10.2. The van der Waals surface area contributed by atoms with Crippen LogP contribution < -0.4 is 0 Å². The summed E-state index contributed by atoms with van der Waals surface area (Å²) < 4.78 is 54.6. The van der Waals surface area contributed by atoms with Gasteiger partial charge in [-0.2, -0.15) is 4.31 Å². The zero-order valence-corrected chi connectivity index (χ0v) is 15.1. The fourth-order valence-corrected chi connectivity index (χ4v) is 5.52. The van der Waals surface area contributed by atoms with Gasteiger partial charge in [0.2, 0.25) is 10.0 Å². The number of hydrogen-bond donors (Lipinski definition) is 0. The Balaban J connectivity index is 1.52. The summed E-state index contributed by atoms with van der Waals surface area (Å²) in [6.45, 7) is 2.18. The Bertz CT molecular complexity index is 913. The van der Waals surface area contributed by atoms with E-state index in [0.717, 1.165) is 31.6 Å². The molecule has 2 heterocycles. The van der Waals surface area contributed by atoms with Crippen molar-refractivity contribution in [2.45, 2.75) is 30.3 Å². The molecule has 0 bridgehead atoms. The first-order valence-electron chi connectivity index (χ1n) is 8.72. The third-order valence-electron chi connectivity index (χ3n) is 5.32. The lowest BCUT2D eigenvalue weighted by Crippen LogP contribution is -2.41. The molecule has 0 unspecified atom stereocenters. The average Bonchev–Trinajstić information content (AvgIpc) is 3.12. The molecular formula is C19H20F2N2O2S. The number of benzene rings is 2. The normalized spacial score (nSPS) is 21.7. The van der Waals surface area contributed by atoms with E-state index >= 15 is 0 Å². The first-order chi connectivity index (χ1) is 12.5. The molecule has 1 atom stereocenters. The maximum atomic E-state index is 14.0. The van der Waals surface area contributed by atoms with Crippen LogP contribution in [0.3, 0.4) is 0 Å². The van der Waals surface area contributed by atoms with Crippen LogP contribution >= 0.6 is 0 Å². The van der Waals surface area contributed by atoms with E-state index in [4.69, 9.17) is 0 Å². The van der Waals surface area contributed by atoms with Crippen molar-refractivity contribution < 1.29 is 17.2 Å². The fraction of sp³-hybridized carbons (Fsp3) is 0.368. The Kier molecular flexibility index (Phi) is 4.54. The molecule has 7 heteroatoms. The Morgan fingerprint density at radius 1 is 0.923 bits per heavy atom. The molecule has 2 aromatic rings. The van der Waals surface area contributed by atoms with Crippen molar-refractivity contribution in [2.24, 2.45) is 0 Å². The van der Waals surface area contributed by atoms with Crippen molar-refractivity contribution >= 4 is 10.0 Å². The molecule has 2 aliphatic rings. The molecule has 0 saturated carbocycles. The van der Waals surface area contributed by atoms with Crippen molar-refractivity contribution in [3.63, 3.8) is 0 Å². The first kappa shape index (κ1) is 17.6. The van der Waals surface area contributed by atoms with Crippen LogP contribution in [0, 0.1) is 11.6 Å². The summed E-state index contributed by atoms with van der Waals surface area (Å²) in [5, 5.41) is 0. The minimum atomic E-state index is -4.18. The van der Waals surface area contributed by atoms with Crippen molar-refractivity contribution in [1.82, 2.24) is 9.21 Å². The summed E-state index contributed by atoms with van der Waals surface area (Å²) in [5.41, 5.74) is 2.60. The molecule has 4 nitrogen and oxygen atoms in total. The van der Waals surface area contributed by atoms with Gasteiger partial charge in [-0.1, -0.05) is 30.3 Å². The van der Waals surface area contributed by atoms with Crippen LogP contribution in [0.25, 0.3) is 0 Å². The van der Waals surface area contributed by atoms with Gasteiger partial charge >= 0.3 is 0 Å². The number of hydrogen-bond acceptors (Lipinski definition) is 3. The Labute approximate surface area is 152 Å². The SMILES string of the molecule is O=S(=O)(c1c(F)cccc1F)N1CC[C@H](N2CCc3ccccc3C2)C1. The van der Waals surface area contributed by atoms with Gasteiger partial charge in [0, 0.05) is 32.2 Å². The van der Waals surface area contributed by atoms with E-state index in [2.05, 4.69) is 17.0 Å². The Morgan fingerprint density at radius 3 is 2.35 bits per heavy atom. The van der Waals surface area contributed by atoms with Crippen LogP contribution in [-0.2, 0) is 23.0 Å². The second-order valence-corrected chi connectivity index (χ2v) is 8.72. The Morgan fingerprint density at radius 2 is 1.62 bits per heavy atom. The summed E-state index contributed by atoms with van der Waals surface area (Å²) >= 11 is 0. The largest absolute Gasteiger partial charge is 0.294 e. The molecule has 2 aliphatic heterocycles. The lowest BCUT2D eigenvalue weighted by molar-refractivity contribution is 0.185. The highest BCUT2D eigenvalue weighted by molar-refractivity contribution is 7.89. The molecule has 1 fully saturated rings. The predicted octanol–water partition coefficient (Wildman–Crippen LogP) is 2.79. The topological polar surface area (TPSA) is 40.6 Å². The summed E-state index contributed by atoms with van der Waals surface area (Å²) in [4.78, 5) is 1.43. The molecule has 0 radical (unpaired) electrons. The fourth-order valence-electron chi connectivity index (χ4n) is 3.91. The predicted molar refractivity (Wildman–Crippen MR) is 94.1 cm³/mol. The maximum Gasteiger partial charge on any atom is 0.248 e. The van der Waals surface area contributed by atoms with Crippen molar-refractivity contribution in [3.8, 4) is 0 Å². The van der Waals surface area contributed by atoms with E-state index in [9.17, 15) is 17.2 Å². The van der Waals surface area contributed by atoms with Gasteiger partial charge in [-0.25, -0.2) is 17.2 Å². The van der Waals surface area contributed by atoms with Gasteiger partial charge in [-0.3, -0.25) is 4.90 Å². The third kappa shape index (κ3) is 3.04. The molecule has 0 N–H and O–H groups in total. The summed E-state index contributed by atoms with van der Waals surface area (Å²) in [6, 6.07) is 11.4. The van der Waals surface area contributed by atoms with Gasteiger partial charge in [-0.15, -0.1) is 0 Å². The van der Waals surface area contributed by atoms with Gasteiger partial charge in [0.1, 0.15) is 11.6 Å². The highest BCUT2D eigenvalue weighted by atomic mass is 32.2. The minimum absolute atomic E-state index is 0.0629. The molecule has 138 valence electrons. The standard InChI is InChI=1S/C19H20F2N2O2S/c20-17-6-3-7-18(21)19(17)26(24,25)23-11-9-16(13-23)22-10-8-14-4-1-2-5-15(14)12-22/h1-7,16H,8-13H2/t16-/m0/s1. The lowest BCUT2D eigenvalue weighted by Gasteiger charge is -2.33. The third-order valence-corrected chi connectivity index (χ3v) is 7.24. The molecule has 1 saturated heterocycles. The number of rotatable bonds is 3. The summed E-state index contributed by atoms with van der Waals surface area (Å²) in [5.74, 6) is -2.08. The van der Waals surface area contributed by atoms with Crippen LogP contribution in [0.1, 0.15) is 17.5 Å². The smallest absolute Gasteiger partial charge is 0.248 e. The van der Waals surface area contributed by atoms with Crippen LogP contribution in [-0.4, -0.2) is 43.3 Å². The van der Waals surface area contributed by atoms with Crippen molar-refractivity contribution in [1.29, 1.82) is 0 Å². The molecule has 26 heavy (non-hydrogen) atoms. The molecule has 4 rings (SSSR count). The van der Waals surface area contributed by atoms with E-state index in [-0.39, 0.29) is 19.1 Å². The molecular weight excluding hydrogens is 358 g/mol. The van der Waals surface area contributed by atoms with Crippen LogP contribution in [0.2, 0.25) is 0 Å². The van der Waals surface area contributed by atoms with E-state index in [1.165, 1.54) is 21.5 Å². The number of halogens is 2. The second-order valence-electron chi connectivity index (χ2n) is 6.85.